The van der Waals surface area contributed by atoms with Crippen LogP contribution in [0.5, 0.6) is 0 Å². The van der Waals surface area contributed by atoms with Crippen LogP contribution >= 0.6 is 23.2 Å². The molecule has 3 heterocycles. The molecule has 3 aliphatic heterocycles. The average molecular weight is 473 g/mol. The van der Waals surface area contributed by atoms with Crippen molar-refractivity contribution in [2.75, 3.05) is 32.7 Å². The van der Waals surface area contributed by atoms with Crippen molar-refractivity contribution in [1.82, 2.24) is 9.80 Å². The van der Waals surface area contributed by atoms with Crippen LogP contribution in [0.3, 0.4) is 0 Å². The quantitative estimate of drug-likeness (QED) is 0.587. The minimum Gasteiger partial charge on any atom is -0.329 e. The summed E-state index contributed by atoms with van der Waals surface area (Å²) in [5.41, 5.74) is 9.22. The molecule has 2 aromatic carbocycles. The highest BCUT2D eigenvalue weighted by molar-refractivity contribution is 6.30. The Kier molecular flexibility index (Phi) is 6.83. The van der Waals surface area contributed by atoms with Crippen molar-refractivity contribution in [3.05, 3.63) is 69.7 Å². The van der Waals surface area contributed by atoms with Crippen molar-refractivity contribution in [1.29, 1.82) is 0 Å². The number of piperidine rings is 1. The lowest BCUT2D eigenvalue weighted by molar-refractivity contribution is 0.0163. The molecule has 0 aromatic heterocycles. The van der Waals surface area contributed by atoms with Gasteiger partial charge < -0.3 is 5.73 Å². The molecule has 172 valence electrons. The maximum atomic E-state index is 6.28. The smallest absolute Gasteiger partial charge is 0.0406 e. The molecule has 4 fully saturated rings. The van der Waals surface area contributed by atoms with E-state index in [4.69, 9.17) is 28.9 Å². The van der Waals surface area contributed by atoms with Gasteiger partial charge in [0.25, 0.3) is 0 Å². The van der Waals surface area contributed by atoms with E-state index in [1.807, 2.05) is 0 Å². The highest BCUT2D eigenvalue weighted by Gasteiger charge is 2.53. The first kappa shape index (κ1) is 22.7. The molecule has 1 aliphatic carbocycles. The molecule has 6 rings (SSSR count). The molecule has 4 aliphatic rings. The molecule has 0 spiro atoms. The molecule has 2 bridgehead atoms. The molecule has 2 N–H and O–H groups in total. The zero-order valence-electron chi connectivity index (χ0n) is 18.9. The monoisotopic (exact) mass is 471 g/mol. The van der Waals surface area contributed by atoms with E-state index < -0.39 is 0 Å². The Morgan fingerprint density at radius 2 is 1.31 bits per heavy atom. The molecule has 1 saturated carbocycles. The van der Waals surface area contributed by atoms with Crippen LogP contribution in [0, 0.1) is 0 Å². The largest absolute Gasteiger partial charge is 0.329 e. The Labute approximate surface area is 202 Å². The molecule has 3 saturated heterocycles. The van der Waals surface area contributed by atoms with Gasteiger partial charge in [-0.1, -0.05) is 53.9 Å². The fourth-order valence-electron chi connectivity index (χ4n) is 6.90. The van der Waals surface area contributed by atoms with Crippen molar-refractivity contribution < 1.29 is 0 Å². The molecule has 3 nitrogen and oxygen atoms in total. The van der Waals surface area contributed by atoms with Crippen molar-refractivity contribution in [3.63, 3.8) is 0 Å². The summed E-state index contributed by atoms with van der Waals surface area (Å²) in [7, 11) is 0. The number of nitrogens with two attached hydrogens (primary N) is 1. The molecule has 2 aromatic rings. The van der Waals surface area contributed by atoms with Crippen LogP contribution in [0.1, 0.15) is 61.5 Å². The zero-order chi connectivity index (χ0) is 22.1. The summed E-state index contributed by atoms with van der Waals surface area (Å²) in [5, 5.41) is 1.62. The van der Waals surface area contributed by atoms with Crippen LogP contribution in [0.15, 0.2) is 48.5 Å². The third-order valence-corrected chi connectivity index (χ3v) is 8.85. The van der Waals surface area contributed by atoms with Gasteiger partial charge in [0.1, 0.15) is 0 Å². The average Bonchev–Trinajstić information content (AvgIpc) is 3.08. The normalized spacial score (nSPS) is 31.5. The molecule has 0 amide bonds. The molecule has 2 unspecified atom stereocenters. The van der Waals surface area contributed by atoms with E-state index >= 15 is 0 Å². The number of hydrogen-bond donors (Lipinski definition) is 1. The maximum absolute atomic E-state index is 6.28. The van der Waals surface area contributed by atoms with Gasteiger partial charge in [0.2, 0.25) is 0 Å². The standard InChI is InChI=1S/C27H35Cl2N3/c28-22-8-4-20(5-9-22)24-18-27(32-14-2-1-3-15-32)12-16-31(17-13-30)26(24)25(19-27)21-6-10-23(29)11-7-21/h4-11,24-26H,1-3,12-19,30H2. The molecular formula is C27H35Cl2N3. The lowest BCUT2D eigenvalue weighted by atomic mass is 9.63. The van der Waals surface area contributed by atoms with Crippen molar-refractivity contribution in [2.24, 2.45) is 5.73 Å². The summed E-state index contributed by atoms with van der Waals surface area (Å²) in [6.07, 6.45) is 7.71. The summed E-state index contributed by atoms with van der Waals surface area (Å²) in [4.78, 5) is 5.57. The van der Waals surface area contributed by atoms with Gasteiger partial charge >= 0.3 is 0 Å². The van der Waals surface area contributed by atoms with E-state index in [0.717, 1.165) is 23.1 Å². The lowest BCUT2D eigenvalue weighted by Crippen LogP contribution is -2.56. The summed E-state index contributed by atoms with van der Waals surface area (Å²) >= 11 is 12.6. The summed E-state index contributed by atoms with van der Waals surface area (Å²) in [5.74, 6) is 0.940. The number of likely N-dealkylation sites (tertiary alicyclic amines) is 1. The summed E-state index contributed by atoms with van der Waals surface area (Å²) < 4.78 is 0. The molecule has 2 atom stereocenters. The Morgan fingerprint density at radius 3 is 1.81 bits per heavy atom. The molecule has 0 radical (unpaired) electrons. The fourth-order valence-corrected chi connectivity index (χ4v) is 7.15. The van der Waals surface area contributed by atoms with Gasteiger partial charge in [-0.15, -0.1) is 0 Å². The molecule has 5 heteroatoms. The third kappa shape index (κ3) is 4.35. The van der Waals surface area contributed by atoms with Crippen LogP contribution in [0.25, 0.3) is 0 Å². The number of fused-ring (bicyclic) bond motifs is 4. The third-order valence-electron chi connectivity index (χ3n) is 8.35. The van der Waals surface area contributed by atoms with Crippen LogP contribution in [0.4, 0.5) is 0 Å². The highest BCUT2D eigenvalue weighted by Crippen LogP contribution is 2.54. The number of rotatable bonds is 5. The number of nitrogens with zero attached hydrogens (tertiary/aromatic N) is 2. The van der Waals surface area contributed by atoms with Crippen LogP contribution in [0.2, 0.25) is 10.0 Å². The van der Waals surface area contributed by atoms with Crippen molar-refractivity contribution in [2.45, 2.75) is 61.9 Å². The van der Waals surface area contributed by atoms with E-state index in [1.54, 1.807) is 0 Å². The number of benzene rings is 2. The summed E-state index contributed by atoms with van der Waals surface area (Å²) in [6.45, 7) is 5.26. The van der Waals surface area contributed by atoms with Gasteiger partial charge in [-0.2, -0.15) is 0 Å². The lowest BCUT2D eigenvalue weighted by Gasteiger charge is -2.53. The van der Waals surface area contributed by atoms with E-state index in [-0.39, 0.29) is 5.54 Å². The first-order chi connectivity index (χ1) is 15.6. The predicted molar refractivity (Wildman–Crippen MR) is 135 cm³/mol. The minimum atomic E-state index is 0.245. The van der Waals surface area contributed by atoms with Gasteiger partial charge in [0.15, 0.2) is 0 Å². The second kappa shape index (κ2) is 9.64. The Morgan fingerprint density at radius 1 is 0.781 bits per heavy atom. The number of hydrogen-bond acceptors (Lipinski definition) is 3. The zero-order valence-corrected chi connectivity index (χ0v) is 20.4. The Balaban J connectivity index is 1.62. The first-order valence-corrected chi connectivity index (χ1v) is 13.1. The van der Waals surface area contributed by atoms with Gasteiger partial charge in [-0.3, -0.25) is 9.80 Å². The topological polar surface area (TPSA) is 32.5 Å². The van der Waals surface area contributed by atoms with Gasteiger partial charge in [0, 0.05) is 53.1 Å². The highest BCUT2D eigenvalue weighted by atomic mass is 35.5. The molecule has 32 heavy (non-hydrogen) atoms. The van der Waals surface area contributed by atoms with Gasteiger partial charge in [-0.05, 0) is 80.6 Å². The number of halogens is 2. The van der Waals surface area contributed by atoms with Crippen LogP contribution in [-0.4, -0.2) is 54.1 Å². The second-order valence-corrected chi connectivity index (χ2v) is 10.9. The van der Waals surface area contributed by atoms with E-state index in [2.05, 4.69) is 58.3 Å². The first-order valence-electron chi connectivity index (χ1n) is 12.3. The second-order valence-electron chi connectivity index (χ2n) is 10.1. The van der Waals surface area contributed by atoms with Crippen LogP contribution in [-0.2, 0) is 0 Å². The summed E-state index contributed by atoms with van der Waals surface area (Å²) in [6, 6.07) is 17.7. The van der Waals surface area contributed by atoms with Gasteiger partial charge in [-0.25, -0.2) is 0 Å². The molecular weight excluding hydrogens is 437 g/mol. The van der Waals surface area contributed by atoms with E-state index in [9.17, 15) is 0 Å². The predicted octanol–water partition coefficient (Wildman–Crippen LogP) is 5.91. The van der Waals surface area contributed by atoms with E-state index in [1.165, 1.54) is 62.7 Å². The van der Waals surface area contributed by atoms with Crippen molar-refractivity contribution >= 4 is 23.2 Å². The van der Waals surface area contributed by atoms with Crippen molar-refractivity contribution in [3.8, 4) is 0 Å². The Hall–Kier alpha value is -1.10. The van der Waals surface area contributed by atoms with Crippen LogP contribution < -0.4 is 5.73 Å². The maximum Gasteiger partial charge on any atom is 0.0406 e. The fraction of sp³-hybridized carbons (Fsp3) is 0.556. The SMILES string of the molecule is NCCN1CCC2(N3CCCCC3)CC(c3ccc(Cl)cc3)C1C(c1ccc(Cl)cc1)C2. The van der Waals surface area contributed by atoms with Gasteiger partial charge in [0.05, 0.1) is 0 Å². The Bertz CT molecular complexity index is 837. The van der Waals surface area contributed by atoms with E-state index in [0.29, 0.717) is 24.4 Å². The minimum absolute atomic E-state index is 0.245.